The third-order valence-electron chi connectivity index (χ3n) is 5.22. The van der Waals surface area contributed by atoms with Crippen molar-refractivity contribution in [3.8, 4) is 0 Å². The predicted octanol–water partition coefficient (Wildman–Crippen LogP) is 5.76. The molecule has 2 aromatic carbocycles. The third-order valence-corrected chi connectivity index (χ3v) is 7.43. The quantitative estimate of drug-likeness (QED) is 0.409. The molecule has 14 heteroatoms. The van der Waals surface area contributed by atoms with E-state index in [0.717, 1.165) is 23.3 Å². The van der Waals surface area contributed by atoms with Gasteiger partial charge in [-0.1, -0.05) is 40.9 Å². The van der Waals surface area contributed by atoms with E-state index in [1.807, 2.05) is 0 Å². The van der Waals surface area contributed by atoms with E-state index in [2.05, 4.69) is 5.32 Å². The number of halogens is 6. The standard InChI is InChI=1S/C24H27Cl3F3N3O4S/c1-14(22(35)31-23(2,3)4)32(12-15-6-8-19(26)20(27)10-15)21(34)13-33(38(5,36)37)16-7-9-18(25)17(11-16)24(28,29)30/h6-11,14H,12-13H2,1-5H3,(H,31,35)/t14-/m0/s1. The number of nitrogens with one attached hydrogen (secondary N) is 1. The molecule has 38 heavy (non-hydrogen) atoms. The summed E-state index contributed by atoms with van der Waals surface area (Å²) < 4.78 is 66.0. The number of nitrogens with zero attached hydrogens (tertiary/aromatic N) is 2. The Balaban J connectivity index is 2.52. The van der Waals surface area contributed by atoms with E-state index in [9.17, 15) is 31.2 Å². The Morgan fingerprint density at radius 1 is 0.974 bits per heavy atom. The number of hydrogen-bond donors (Lipinski definition) is 1. The van der Waals surface area contributed by atoms with Gasteiger partial charge in [0.05, 0.1) is 32.6 Å². The number of carbonyl (C=O) groups excluding carboxylic acids is 2. The zero-order valence-electron chi connectivity index (χ0n) is 21.2. The van der Waals surface area contributed by atoms with Crippen LogP contribution >= 0.6 is 34.8 Å². The molecule has 1 atom stereocenters. The van der Waals surface area contributed by atoms with Gasteiger partial charge in [-0.15, -0.1) is 0 Å². The molecule has 2 rings (SSSR count). The molecule has 0 saturated carbocycles. The van der Waals surface area contributed by atoms with Gasteiger partial charge in [0.1, 0.15) is 12.6 Å². The van der Waals surface area contributed by atoms with Gasteiger partial charge >= 0.3 is 6.18 Å². The van der Waals surface area contributed by atoms with Crippen LogP contribution in [0.4, 0.5) is 18.9 Å². The van der Waals surface area contributed by atoms with Gasteiger partial charge in [0.15, 0.2) is 0 Å². The molecule has 2 amide bonds. The lowest BCUT2D eigenvalue weighted by atomic mass is 10.1. The number of amides is 2. The van der Waals surface area contributed by atoms with Crippen molar-refractivity contribution in [2.45, 2.75) is 52.0 Å². The van der Waals surface area contributed by atoms with Gasteiger partial charge in [0.25, 0.3) is 0 Å². The molecule has 0 spiro atoms. The minimum absolute atomic E-state index is 0.166. The van der Waals surface area contributed by atoms with Crippen LogP contribution in [0.5, 0.6) is 0 Å². The molecule has 0 unspecified atom stereocenters. The Labute approximate surface area is 234 Å². The summed E-state index contributed by atoms with van der Waals surface area (Å²) in [6, 6.07) is 5.98. The van der Waals surface area contributed by atoms with Gasteiger partial charge in [-0.2, -0.15) is 13.2 Å². The Hall–Kier alpha value is -2.21. The molecular weight excluding hydrogens is 590 g/mol. The maximum Gasteiger partial charge on any atom is 0.417 e. The van der Waals surface area contributed by atoms with Crippen LogP contribution in [-0.2, 0) is 32.3 Å². The fourth-order valence-electron chi connectivity index (χ4n) is 3.39. The minimum atomic E-state index is -4.86. The molecule has 2 aromatic rings. The Kier molecular flexibility index (Phi) is 10.0. The summed E-state index contributed by atoms with van der Waals surface area (Å²) in [7, 11) is -4.25. The summed E-state index contributed by atoms with van der Waals surface area (Å²) in [5.41, 5.74) is -1.83. The first kappa shape index (κ1) is 32.0. The molecule has 0 aliphatic rings. The highest BCUT2D eigenvalue weighted by molar-refractivity contribution is 7.92. The molecule has 0 heterocycles. The molecule has 0 aliphatic heterocycles. The Morgan fingerprint density at radius 2 is 1.55 bits per heavy atom. The summed E-state index contributed by atoms with van der Waals surface area (Å²) >= 11 is 17.7. The van der Waals surface area contributed by atoms with E-state index < -0.39 is 62.4 Å². The van der Waals surface area contributed by atoms with E-state index in [1.54, 1.807) is 26.8 Å². The predicted molar refractivity (Wildman–Crippen MR) is 143 cm³/mol. The van der Waals surface area contributed by atoms with Gasteiger partial charge in [-0.25, -0.2) is 8.42 Å². The maximum absolute atomic E-state index is 13.5. The number of carbonyl (C=O) groups is 2. The SMILES string of the molecule is C[C@@H](C(=O)NC(C)(C)C)N(Cc1ccc(Cl)c(Cl)c1)C(=O)CN(c1ccc(Cl)c(C(F)(F)F)c1)S(C)(=O)=O. The zero-order chi connectivity index (χ0) is 29.2. The number of anilines is 1. The normalized spacial score (nSPS) is 13.1. The lowest BCUT2D eigenvalue weighted by molar-refractivity contribution is -0.140. The number of rotatable bonds is 8. The van der Waals surface area contributed by atoms with Gasteiger partial charge in [0.2, 0.25) is 21.8 Å². The fraction of sp³-hybridized carbons (Fsp3) is 0.417. The van der Waals surface area contributed by atoms with Crippen molar-refractivity contribution >= 4 is 62.3 Å². The van der Waals surface area contributed by atoms with Crippen molar-refractivity contribution in [3.63, 3.8) is 0 Å². The Morgan fingerprint density at radius 3 is 2.05 bits per heavy atom. The minimum Gasteiger partial charge on any atom is -0.350 e. The third kappa shape index (κ3) is 8.65. The average Bonchev–Trinajstić information content (AvgIpc) is 2.75. The number of benzene rings is 2. The molecule has 1 N–H and O–H groups in total. The highest BCUT2D eigenvalue weighted by Crippen LogP contribution is 2.37. The van der Waals surface area contributed by atoms with Crippen molar-refractivity contribution in [2.24, 2.45) is 0 Å². The summed E-state index contributed by atoms with van der Waals surface area (Å²) in [5.74, 6) is -1.37. The molecule has 0 aliphatic carbocycles. The zero-order valence-corrected chi connectivity index (χ0v) is 24.2. The topological polar surface area (TPSA) is 86.8 Å². The van der Waals surface area contributed by atoms with Gasteiger partial charge in [-0.3, -0.25) is 13.9 Å². The van der Waals surface area contributed by atoms with Gasteiger partial charge < -0.3 is 10.2 Å². The number of sulfonamides is 1. The average molecular weight is 617 g/mol. The lowest BCUT2D eigenvalue weighted by Crippen LogP contribution is -2.54. The summed E-state index contributed by atoms with van der Waals surface area (Å²) in [4.78, 5) is 27.6. The maximum atomic E-state index is 13.5. The summed E-state index contributed by atoms with van der Waals surface area (Å²) in [6.45, 7) is 5.63. The highest BCUT2D eigenvalue weighted by atomic mass is 35.5. The van der Waals surface area contributed by atoms with Crippen molar-refractivity contribution in [2.75, 3.05) is 17.1 Å². The van der Waals surface area contributed by atoms with E-state index >= 15 is 0 Å². The molecular formula is C24H27Cl3F3N3O4S. The van der Waals surface area contributed by atoms with E-state index in [4.69, 9.17) is 34.8 Å². The van der Waals surface area contributed by atoms with Crippen molar-refractivity contribution in [1.29, 1.82) is 0 Å². The van der Waals surface area contributed by atoms with Crippen molar-refractivity contribution < 1.29 is 31.2 Å². The molecule has 210 valence electrons. The first-order chi connectivity index (χ1) is 17.2. The van der Waals surface area contributed by atoms with Gasteiger partial charge in [-0.05, 0) is 63.6 Å². The lowest BCUT2D eigenvalue weighted by Gasteiger charge is -2.33. The fourth-order valence-corrected chi connectivity index (χ4v) is 4.78. The number of hydrogen-bond acceptors (Lipinski definition) is 4. The molecule has 0 saturated heterocycles. The second-order valence-corrected chi connectivity index (χ2v) is 12.7. The Bertz CT molecular complexity index is 1320. The first-order valence-electron chi connectivity index (χ1n) is 11.1. The number of alkyl halides is 3. The van der Waals surface area contributed by atoms with Gasteiger partial charge in [0, 0.05) is 12.1 Å². The summed E-state index contributed by atoms with van der Waals surface area (Å²) in [5, 5.41) is 2.58. The molecule has 0 fully saturated rings. The highest BCUT2D eigenvalue weighted by Gasteiger charge is 2.36. The van der Waals surface area contributed by atoms with Crippen LogP contribution in [-0.4, -0.2) is 49.5 Å². The van der Waals surface area contributed by atoms with Crippen LogP contribution < -0.4 is 9.62 Å². The van der Waals surface area contributed by atoms with Crippen LogP contribution in [0.3, 0.4) is 0 Å². The molecule has 7 nitrogen and oxygen atoms in total. The van der Waals surface area contributed by atoms with Crippen molar-refractivity contribution in [3.05, 3.63) is 62.6 Å². The second-order valence-electron chi connectivity index (χ2n) is 9.62. The molecule has 0 radical (unpaired) electrons. The monoisotopic (exact) mass is 615 g/mol. The van der Waals surface area contributed by atoms with E-state index in [0.29, 0.717) is 15.9 Å². The molecule has 0 bridgehead atoms. The largest absolute Gasteiger partial charge is 0.417 e. The first-order valence-corrected chi connectivity index (χ1v) is 14.1. The summed E-state index contributed by atoms with van der Waals surface area (Å²) in [6.07, 6.45) is -4.11. The van der Waals surface area contributed by atoms with Crippen LogP contribution in [0, 0.1) is 0 Å². The van der Waals surface area contributed by atoms with E-state index in [-0.39, 0.29) is 16.6 Å². The molecule has 0 aromatic heterocycles. The van der Waals surface area contributed by atoms with E-state index in [1.165, 1.54) is 19.1 Å². The smallest absolute Gasteiger partial charge is 0.350 e. The van der Waals surface area contributed by atoms with Crippen molar-refractivity contribution in [1.82, 2.24) is 10.2 Å². The van der Waals surface area contributed by atoms with Crippen LogP contribution in [0.25, 0.3) is 0 Å². The second kappa shape index (κ2) is 11.9. The van der Waals surface area contributed by atoms with Crippen LogP contribution in [0.2, 0.25) is 15.1 Å². The van der Waals surface area contributed by atoms with Crippen LogP contribution in [0.1, 0.15) is 38.8 Å². The van der Waals surface area contributed by atoms with Crippen LogP contribution in [0.15, 0.2) is 36.4 Å².